The Kier molecular flexibility index (Phi) is 15.2. The van der Waals surface area contributed by atoms with Crippen molar-refractivity contribution in [1.82, 2.24) is 0 Å². The van der Waals surface area contributed by atoms with Gasteiger partial charge in [-0.2, -0.15) is 11.8 Å². The molecule has 1 aromatic carbocycles. The van der Waals surface area contributed by atoms with E-state index in [1.807, 2.05) is 71.9 Å². The summed E-state index contributed by atoms with van der Waals surface area (Å²) in [5.74, 6) is 3.60. The lowest BCUT2D eigenvalue weighted by Crippen LogP contribution is -2.00. The molecule has 0 aromatic heterocycles. The highest BCUT2D eigenvalue weighted by molar-refractivity contribution is 8.00. The van der Waals surface area contributed by atoms with Gasteiger partial charge in [-0.1, -0.05) is 43.3 Å². The first-order valence-corrected chi connectivity index (χ1v) is 10.5. The zero-order valence-electron chi connectivity index (χ0n) is 17.9. The number of oxime groups is 1. The second kappa shape index (κ2) is 16.3. The van der Waals surface area contributed by atoms with Crippen LogP contribution in [0.5, 0.6) is 11.5 Å². The third-order valence-electron chi connectivity index (χ3n) is 3.28. The molecule has 0 radical (unpaired) electrons. The minimum absolute atomic E-state index is 0.562. The van der Waals surface area contributed by atoms with Crippen LogP contribution in [0.15, 0.2) is 41.6 Å². The number of ether oxygens (including phenoxy) is 2. The smallest absolute Gasteiger partial charge is 0.125 e. The van der Waals surface area contributed by atoms with Gasteiger partial charge in [0.2, 0.25) is 0 Å². The number of aryl methyl sites for hydroxylation is 2. The molecule has 5 heteroatoms. The summed E-state index contributed by atoms with van der Waals surface area (Å²) in [6.07, 6.45) is 8.13. The van der Waals surface area contributed by atoms with E-state index in [-0.39, 0.29) is 0 Å². The zero-order chi connectivity index (χ0) is 20.5. The molecule has 1 rings (SSSR count). The fourth-order valence-electron chi connectivity index (χ4n) is 2.19. The molecule has 27 heavy (non-hydrogen) atoms. The summed E-state index contributed by atoms with van der Waals surface area (Å²) < 4.78 is 11.6. The normalized spacial score (nSPS) is 11.4. The fraction of sp³-hybridized carbons (Fsp3) is 0.500. The van der Waals surface area contributed by atoms with Gasteiger partial charge in [-0.15, -0.1) is 0 Å². The maximum atomic E-state index is 5.91. The first-order chi connectivity index (χ1) is 13.1. The van der Waals surface area contributed by atoms with Crippen molar-refractivity contribution >= 4 is 17.5 Å². The number of hydrogen-bond donors (Lipinski definition) is 0. The van der Waals surface area contributed by atoms with Crippen LogP contribution < -0.4 is 9.47 Å². The maximum Gasteiger partial charge on any atom is 0.125 e. The molecule has 0 N–H and O–H groups in total. The first-order valence-electron chi connectivity index (χ1n) is 9.35. The molecule has 0 saturated heterocycles. The van der Waals surface area contributed by atoms with Crippen LogP contribution in [-0.4, -0.2) is 37.5 Å². The van der Waals surface area contributed by atoms with Crippen molar-refractivity contribution < 1.29 is 14.3 Å². The van der Waals surface area contributed by atoms with Gasteiger partial charge in [-0.25, -0.2) is 0 Å². The van der Waals surface area contributed by atoms with Gasteiger partial charge in [-0.3, -0.25) is 0 Å². The summed E-state index contributed by atoms with van der Waals surface area (Å²) in [7, 11) is 1.57. The van der Waals surface area contributed by atoms with Gasteiger partial charge >= 0.3 is 0 Å². The highest BCUT2D eigenvalue weighted by atomic mass is 32.2. The van der Waals surface area contributed by atoms with Crippen molar-refractivity contribution in [3.63, 3.8) is 0 Å². The molecule has 4 nitrogen and oxygen atoms in total. The molecular formula is C22H35NO3S. The molecule has 152 valence electrons. The molecular weight excluding hydrogens is 358 g/mol. The highest BCUT2D eigenvalue weighted by Crippen LogP contribution is 2.28. The Morgan fingerprint density at radius 1 is 1.04 bits per heavy atom. The van der Waals surface area contributed by atoms with Gasteiger partial charge in [0, 0.05) is 11.5 Å². The molecule has 0 bridgehead atoms. The average molecular weight is 394 g/mol. The second-order valence-corrected chi connectivity index (χ2v) is 6.60. The summed E-state index contributed by atoms with van der Waals surface area (Å²) in [6.45, 7) is 13.2. The van der Waals surface area contributed by atoms with Crippen LogP contribution in [0.1, 0.15) is 38.8 Å². The Balaban J connectivity index is 0.00000326. The molecule has 1 aromatic rings. The van der Waals surface area contributed by atoms with Crippen molar-refractivity contribution in [2.24, 2.45) is 5.16 Å². The van der Waals surface area contributed by atoms with Crippen molar-refractivity contribution in [2.75, 3.05) is 31.8 Å². The van der Waals surface area contributed by atoms with Crippen molar-refractivity contribution in [3.05, 3.63) is 47.6 Å². The van der Waals surface area contributed by atoms with Gasteiger partial charge in [0.15, 0.2) is 0 Å². The Hall–Kier alpha value is -1.88. The monoisotopic (exact) mass is 393 g/mol. The van der Waals surface area contributed by atoms with Gasteiger partial charge in [0.25, 0.3) is 0 Å². The lowest BCUT2D eigenvalue weighted by atomic mass is 10.1. The Morgan fingerprint density at radius 2 is 1.67 bits per heavy atom. The number of thioether (sulfide) groups is 1. The molecule has 0 unspecified atom stereocenters. The van der Waals surface area contributed by atoms with Crippen LogP contribution in [0.2, 0.25) is 0 Å². The lowest BCUT2D eigenvalue weighted by molar-refractivity contribution is 0.213. The van der Waals surface area contributed by atoms with E-state index in [1.165, 1.54) is 0 Å². The number of rotatable bonds is 11. The lowest BCUT2D eigenvalue weighted by Gasteiger charge is -2.13. The third kappa shape index (κ3) is 11.4. The van der Waals surface area contributed by atoms with E-state index >= 15 is 0 Å². The number of nitrogens with zero attached hydrogens (tertiary/aromatic N) is 1. The molecule has 0 atom stereocenters. The second-order valence-electron chi connectivity index (χ2n) is 5.57. The van der Waals surface area contributed by atoms with Crippen LogP contribution >= 0.6 is 11.8 Å². The number of benzene rings is 1. The van der Waals surface area contributed by atoms with Crippen LogP contribution in [0.25, 0.3) is 0 Å². The van der Waals surface area contributed by atoms with Gasteiger partial charge < -0.3 is 14.3 Å². The minimum Gasteiger partial charge on any atom is -0.490 e. The Morgan fingerprint density at radius 3 is 2.26 bits per heavy atom. The first kappa shape index (κ1) is 25.1. The standard InChI is InChI=1S/C20H29NO3S.C2H6/c1-6-7-10-23-19-13-16(2)20(17(3)14-19)24-11-8-9-12-25-15-18(4)21-22-5;1-2/h6-9,13-14H,10-12,15H2,1-5H3;1-2H3/b7-6+,9-8+,21-18-;. The predicted octanol–water partition coefficient (Wildman–Crippen LogP) is 5.98. The topological polar surface area (TPSA) is 40.0 Å². The van der Waals surface area contributed by atoms with Crippen LogP contribution in [-0.2, 0) is 4.84 Å². The molecule has 0 heterocycles. The van der Waals surface area contributed by atoms with E-state index in [9.17, 15) is 0 Å². The highest BCUT2D eigenvalue weighted by Gasteiger charge is 2.06. The summed E-state index contributed by atoms with van der Waals surface area (Å²) in [5.41, 5.74) is 3.16. The van der Waals surface area contributed by atoms with Gasteiger partial charge in [0.1, 0.15) is 31.8 Å². The van der Waals surface area contributed by atoms with E-state index in [4.69, 9.17) is 14.3 Å². The number of allylic oxidation sites excluding steroid dienone is 1. The summed E-state index contributed by atoms with van der Waals surface area (Å²) in [6, 6.07) is 4.03. The molecule has 0 aliphatic heterocycles. The molecule has 0 spiro atoms. The fourth-order valence-corrected chi connectivity index (χ4v) is 2.92. The summed E-state index contributed by atoms with van der Waals surface area (Å²) >= 11 is 1.79. The zero-order valence-corrected chi connectivity index (χ0v) is 18.7. The largest absolute Gasteiger partial charge is 0.490 e. The predicted molar refractivity (Wildman–Crippen MR) is 120 cm³/mol. The van der Waals surface area contributed by atoms with E-state index in [0.717, 1.165) is 39.8 Å². The van der Waals surface area contributed by atoms with E-state index in [1.54, 1.807) is 18.9 Å². The molecule has 0 saturated carbocycles. The maximum absolute atomic E-state index is 5.91. The Labute approximate surface area is 169 Å². The molecule has 0 fully saturated rings. The van der Waals surface area contributed by atoms with Crippen LogP contribution in [0.4, 0.5) is 0 Å². The Bertz CT molecular complexity index is 587. The molecule has 0 aliphatic rings. The van der Waals surface area contributed by atoms with E-state index < -0.39 is 0 Å². The van der Waals surface area contributed by atoms with Gasteiger partial charge in [-0.05, 0) is 51.0 Å². The van der Waals surface area contributed by atoms with Crippen LogP contribution in [0, 0.1) is 13.8 Å². The molecule has 0 aliphatic carbocycles. The van der Waals surface area contributed by atoms with Gasteiger partial charge in [0.05, 0.1) is 5.71 Å². The van der Waals surface area contributed by atoms with Crippen molar-refractivity contribution in [2.45, 2.75) is 41.5 Å². The number of hydrogen-bond acceptors (Lipinski definition) is 5. The quantitative estimate of drug-likeness (QED) is 0.201. The minimum atomic E-state index is 0.562. The average Bonchev–Trinajstić information content (AvgIpc) is 2.65. The van der Waals surface area contributed by atoms with E-state index in [2.05, 4.69) is 11.2 Å². The van der Waals surface area contributed by atoms with Crippen molar-refractivity contribution in [3.8, 4) is 11.5 Å². The summed E-state index contributed by atoms with van der Waals surface area (Å²) in [5, 5.41) is 3.88. The summed E-state index contributed by atoms with van der Waals surface area (Å²) in [4.78, 5) is 4.73. The molecule has 0 amide bonds. The third-order valence-corrected chi connectivity index (χ3v) is 4.33. The van der Waals surface area contributed by atoms with Crippen LogP contribution in [0.3, 0.4) is 0 Å². The van der Waals surface area contributed by atoms with E-state index in [0.29, 0.717) is 13.2 Å². The SMILES string of the molecule is C/C=C/COc1cc(C)c(OC/C=C/CSC/C(C)=N\OC)c(C)c1.CC. The van der Waals surface area contributed by atoms with Crippen molar-refractivity contribution in [1.29, 1.82) is 0 Å².